The summed E-state index contributed by atoms with van der Waals surface area (Å²) in [6.07, 6.45) is 1.81. The molecule has 0 bridgehead atoms. The monoisotopic (exact) mass is 686 g/mol. The Morgan fingerprint density at radius 2 is 0.889 bits per heavy atom. The molecule has 250 valence electrons. The van der Waals surface area contributed by atoms with Gasteiger partial charge in [0.2, 0.25) is 0 Å². The molecular formula is C50H30N4. The molecule has 0 aliphatic carbocycles. The van der Waals surface area contributed by atoms with Crippen LogP contribution >= 0.6 is 0 Å². The lowest BCUT2D eigenvalue weighted by molar-refractivity contribution is 1.25. The third-order valence-electron chi connectivity index (χ3n) is 10.7. The fraction of sp³-hybridized carbons (Fsp3) is 0. The molecule has 0 unspecified atom stereocenters. The molecule has 54 heavy (non-hydrogen) atoms. The molecule has 4 nitrogen and oxygen atoms in total. The quantitative estimate of drug-likeness (QED) is 0.137. The lowest BCUT2D eigenvalue weighted by Gasteiger charge is -2.14. The molecular weight excluding hydrogens is 657 g/mol. The average Bonchev–Trinajstić information content (AvgIpc) is 3.25. The van der Waals surface area contributed by atoms with Crippen LogP contribution in [0, 0.1) is 0 Å². The molecule has 0 N–H and O–H groups in total. The average molecular weight is 687 g/mol. The first-order chi connectivity index (χ1) is 26.8. The van der Waals surface area contributed by atoms with Gasteiger partial charge in [-0.25, -0.2) is 15.0 Å². The van der Waals surface area contributed by atoms with Crippen molar-refractivity contribution in [2.24, 2.45) is 0 Å². The highest BCUT2D eigenvalue weighted by Crippen LogP contribution is 2.40. The molecule has 0 amide bonds. The first-order valence-electron chi connectivity index (χ1n) is 18.2. The first-order valence-corrected chi connectivity index (χ1v) is 18.2. The molecule has 0 fully saturated rings. The summed E-state index contributed by atoms with van der Waals surface area (Å²) in [5, 5.41) is 10.6. The van der Waals surface area contributed by atoms with E-state index < -0.39 is 0 Å². The van der Waals surface area contributed by atoms with Gasteiger partial charge in [0.05, 0.1) is 39.3 Å². The highest BCUT2D eigenvalue weighted by atomic mass is 14.8. The van der Waals surface area contributed by atoms with E-state index in [0.717, 1.165) is 66.6 Å². The van der Waals surface area contributed by atoms with E-state index in [1.54, 1.807) is 6.20 Å². The molecule has 0 spiro atoms. The van der Waals surface area contributed by atoms with Crippen LogP contribution in [0.4, 0.5) is 0 Å². The topological polar surface area (TPSA) is 51.6 Å². The van der Waals surface area contributed by atoms with Crippen LogP contribution in [0.5, 0.6) is 0 Å². The van der Waals surface area contributed by atoms with Gasteiger partial charge in [0.15, 0.2) is 0 Å². The Balaban J connectivity index is 1.08. The van der Waals surface area contributed by atoms with E-state index in [1.807, 2.05) is 24.3 Å². The van der Waals surface area contributed by atoms with Gasteiger partial charge in [-0.2, -0.15) is 0 Å². The Kier molecular flexibility index (Phi) is 6.82. The van der Waals surface area contributed by atoms with Crippen molar-refractivity contribution in [1.82, 2.24) is 19.9 Å². The van der Waals surface area contributed by atoms with Gasteiger partial charge in [0, 0.05) is 39.0 Å². The zero-order valence-corrected chi connectivity index (χ0v) is 29.1. The van der Waals surface area contributed by atoms with E-state index in [-0.39, 0.29) is 0 Å². The zero-order chi connectivity index (χ0) is 35.6. The van der Waals surface area contributed by atoms with E-state index in [1.165, 1.54) is 43.4 Å². The van der Waals surface area contributed by atoms with Gasteiger partial charge >= 0.3 is 0 Å². The number of hydrogen-bond donors (Lipinski definition) is 0. The Morgan fingerprint density at radius 1 is 0.296 bits per heavy atom. The molecule has 0 aliphatic rings. The summed E-state index contributed by atoms with van der Waals surface area (Å²) in [6, 6.07) is 62.0. The second-order valence-corrected chi connectivity index (χ2v) is 13.8. The van der Waals surface area contributed by atoms with Crippen molar-refractivity contribution in [2.45, 2.75) is 0 Å². The Labute approximate surface area is 311 Å². The highest BCUT2D eigenvalue weighted by molar-refractivity contribution is 6.26. The highest BCUT2D eigenvalue weighted by Gasteiger charge is 2.16. The van der Waals surface area contributed by atoms with Gasteiger partial charge < -0.3 is 0 Å². The predicted octanol–water partition coefficient (Wildman–Crippen LogP) is 12.9. The molecule has 0 atom stereocenters. The third kappa shape index (κ3) is 4.85. The van der Waals surface area contributed by atoms with Crippen molar-refractivity contribution in [3.8, 4) is 45.0 Å². The molecule has 0 saturated carbocycles. The number of fused-ring (bicyclic) bond motifs is 10. The molecule has 4 heteroatoms. The second kappa shape index (κ2) is 12.1. The number of para-hydroxylation sites is 1. The molecule has 4 aromatic heterocycles. The number of hydrogen-bond acceptors (Lipinski definition) is 4. The summed E-state index contributed by atoms with van der Waals surface area (Å²) in [4.78, 5) is 20.1. The van der Waals surface area contributed by atoms with Crippen LogP contribution < -0.4 is 0 Å². The lowest BCUT2D eigenvalue weighted by Crippen LogP contribution is -1.93. The van der Waals surface area contributed by atoms with Crippen molar-refractivity contribution >= 4 is 65.0 Å². The van der Waals surface area contributed by atoms with Gasteiger partial charge in [-0.1, -0.05) is 127 Å². The Hall–Kier alpha value is -7.30. The fourth-order valence-corrected chi connectivity index (χ4v) is 8.14. The van der Waals surface area contributed by atoms with Crippen LogP contribution in [0.25, 0.3) is 110 Å². The minimum absolute atomic E-state index is 0.861. The van der Waals surface area contributed by atoms with Crippen LogP contribution in [0.3, 0.4) is 0 Å². The maximum absolute atomic E-state index is 5.36. The van der Waals surface area contributed by atoms with Crippen LogP contribution in [-0.2, 0) is 0 Å². The predicted molar refractivity (Wildman–Crippen MR) is 224 cm³/mol. The molecule has 11 rings (SSSR count). The summed E-state index contributed by atoms with van der Waals surface area (Å²) < 4.78 is 0. The summed E-state index contributed by atoms with van der Waals surface area (Å²) >= 11 is 0. The van der Waals surface area contributed by atoms with E-state index in [2.05, 4.69) is 157 Å². The molecule has 0 aliphatic heterocycles. The van der Waals surface area contributed by atoms with Gasteiger partial charge in [-0.3, -0.25) is 4.98 Å². The van der Waals surface area contributed by atoms with E-state index in [9.17, 15) is 0 Å². The number of aromatic nitrogens is 4. The summed E-state index contributed by atoms with van der Waals surface area (Å²) in [5.41, 5.74) is 10.9. The SMILES string of the molecule is c1ccc(-c2c3ccccc3nc3c2ccc2ccc(-c4ccc5c6ccc(-c7cccc(-c8ccccn8)n7)cc6c6ccccc6c5c4)nc23)cc1. The molecule has 4 heterocycles. The van der Waals surface area contributed by atoms with Crippen LogP contribution in [0.15, 0.2) is 182 Å². The third-order valence-corrected chi connectivity index (χ3v) is 10.7. The molecule has 7 aromatic carbocycles. The summed E-state index contributed by atoms with van der Waals surface area (Å²) in [7, 11) is 0. The van der Waals surface area contributed by atoms with Crippen LogP contribution in [-0.4, -0.2) is 19.9 Å². The first kappa shape index (κ1) is 30.3. The van der Waals surface area contributed by atoms with Gasteiger partial charge in [0.1, 0.15) is 0 Å². The van der Waals surface area contributed by atoms with Crippen molar-refractivity contribution in [1.29, 1.82) is 0 Å². The minimum Gasteiger partial charge on any atom is -0.255 e. The Morgan fingerprint density at radius 3 is 1.63 bits per heavy atom. The summed E-state index contributed by atoms with van der Waals surface area (Å²) in [6.45, 7) is 0. The van der Waals surface area contributed by atoms with Crippen molar-refractivity contribution in [3.63, 3.8) is 0 Å². The van der Waals surface area contributed by atoms with Gasteiger partial charge in [0.25, 0.3) is 0 Å². The smallest absolute Gasteiger partial charge is 0.0978 e. The lowest BCUT2D eigenvalue weighted by atomic mass is 9.91. The fourth-order valence-electron chi connectivity index (χ4n) is 8.14. The molecule has 11 aromatic rings. The van der Waals surface area contributed by atoms with Crippen LogP contribution in [0.1, 0.15) is 0 Å². The standard InChI is InChI=1S/C50H30N4/c1-2-11-31(12-3-1)48-39-15-6-7-16-45(39)54-50-40(48)26-20-32-23-27-44(53-49(32)50)34-22-25-38-37-24-21-33(29-41(37)35-13-4-5-14-36(35)42(38)30-34)43-18-10-19-47(52-43)46-17-8-9-28-51-46/h1-30H. The maximum Gasteiger partial charge on any atom is 0.0978 e. The maximum atomic E-state index is 5.36. The number of pyridine rings is 4. The van der Waals surface area contributed by atoms with E-state index >= 15 is 0 Å². The van der Waals surface area contributed by atoms with Gasteiger partial charge in [-0.15, -0.1) is 0 Å². The van der Waals surface area contributed by atoms with Gasteiger partial charge in [-0.05, 0) is 86.4 Å². The van der Waals surface area contributed by atoms with Crippen molar-refractivity contribution in [3.05, 3.63) is 182 Å². The second-order valence-electron chi connectivity index (χ2n) is 13.8. The van der Waals surface area contributed by atoms with Crippen molar-refractivity contribution < 1.29 is 0 Å². The largest absolute Gasteiger partial charge is 0.255 e. The van der Waals surface area contributed by atoms with Crippen molar-refractivity contribution in [2.75, 3.05) is 0 Å². The Bertz CT molecular complexity index is 3250. The zero-order valence-electron chi connectivity index (χ0n) is 29.1. The summed E-state index contributed by atoms with van der Waals surface area (Å²) in [5.74, 6) is 0. The normalized spacial score (nSPS) is 11.7. The minimum atomic E-state index is 0.861. The van der Waals surface area contributed by atoms with E-state index in [4.69, 9.17) is 15.0 Å². The van der Waals surface area contributed by atoms with E-state index in [0.29, 0.717) is 0 Å². The molecule has 0 radical (unpaired) electrons. The number of benzene rings is 7. The van der Waals surface area contributed by atoms with Crippen LogP contribution in [0.2, 0.25) is 0 Å². The number of nitrogens with zero attached hydrogens (tertiary/aromatic N) is 4. The molecule has 0 saturated heterocycles. The number of rotatable bonds is 4.